The van der Waals surface area contributed by atoms with E-state index < -0.39 is 34.0 Å². The Labute approximate surface area is 216 Å². The molecule has 0 saturated heterocycles. The molecule has 2 N–H and O–H groups in total. The van der Waals surface area contributed by atoms with Gasteiger partial charge in [-0.3, -0.25) is 9.59 Å². The Kier molecular flexibility index (Phi) is 7.94. The van der Waals surface area contributed by atoms with E-state index in [-0.39, 0.29) is 31.3 Å². The Hall–Kier alpha value is -3.69. The van der Waals surface area contributed by atoms with Gasteiger partial charge in [-0.25, -0.2) is 0 Å². The molecule has 2 atom stereocenters. The highest BCUT2D eigenvalue weighted by molar-refractivity contribution is 7.86. The largest absolute Gasteiger partial charge is 0.466 e. The zero-order valence-electron chi connectivity index (χ0n) is 20.6. The molecule has 0 saturated carbocycles. The molecule has 1 aliphatic rings. The molecule has 194 valence electrons. The Bertz CT molecular complexity index is 1360. The molecule has 37 heavy (non-hydrogen) atoms. The van der Waals surface area contributed by atoms with Crippen molar-refractivity contribution >= 4 is 22.1 Å². The van der Waals surface area contributed by atoms with Gasteiger partial charge in [-0.05, 0) is 46.9 Å². The van der Waals surface area contributed by atoms with E-state index in [9.17, 15) is 18.0 Å². The van der Waals surface area contributed by atoms with Gasteiger partial charge >= 0.3 is 22.1 Å². The number of esters is 2. The number of nitrogens with two attached hydrogens (primary N) is 1. The van der Waals surface area contributed by atoms with E-state index in [0.29, 0.717) is 5.56 Å². The molecule has 0 aromatic heterocycles. The molecule has 0 spiro atoms. The number of ether oxygens (including phenoxy) is 2. The highest BCUT2D eigenvalue weighted by atomic mass is 32.2. The van der Waals surface area contributed by atoms with Crippen LogP contribution in [0.4, 0.5) is 0 Å². The minimum Gasteiger partial charge on any atom is -0.466 e. The lowest BCUT2D eigenvalue weighted by molar-refractivity contribution is -0.147. The van der Waals surface area contributed by atoms with Gasteiger partial charge in [0.05, 0.1) is 19.3 Å². The summed E-state index contributed by atoms with van der Waals surface area (Å²) in [6, 6.07) is 20.9. The van der Waals surface area contributed by atoms with E-state index in [1.807, 2.05) is 48.5 Å². The number of rotatable bonds is 10. The van der Waals surface area contributed by atoms with Crippen LogP contribution in [0.5, 0.6) is 5.75 Å². The number of hydrogen-bond donors (Lipinski definition) is 1. The van der Waals surface area contributed by atoms with Crippen LogP contribution in [0, 0.1) is 0 Å². The minimum absolute atomic E-state index is 0.0496. The molecule has 2 unspecified atom stereocenters. The summed E-state index contributed by atoms with van der Waals surface area (Å²) in [7, 11) is -3.77. The highest BCUT2D eigenvalue weighted by Gasteiger charge is 2.33. The Balaban J connectivity index is 1.55. The fourth-order valence-corrected chi connectivity index (χ4v) is 5.14. The van der Waals surface area contributed by atoms with Gasteiger partial charge in [-0.15, -0.1) is 0 Å². The summed E-state index contributed by atoms with van der Waals surface area (Å²) in [6.07, 6.45) is 0.736. The maximum Gasteiger partial charge on any atom is 0.323 e. The minimum atomic E-state index is -3.77. The van der Waals surface area contributed by atoms with E-state index in [4.69, 9.17) is 19.4 Å². The first-order valence-electron chi connectivity index (χ1n) is 11.9. The van der Waals surface area contributed by atoms with Crippen molar-refractivity contribution in [3.05, 3.63) is 89.5 Å². The molecule has 8 nitrogen and oxygen atoms in total. The van der Waals surface area contributed by atoms with Crippen LogP contribution in [0.25, 0.3) is 11.1 Å². The number of fused-ring (bicyclic) bond motifs is 3. The second-order valence-corrected chi connectivity index (χ2v) is 10.4. The molecule has 3 aromatic carbocycles. The lowest BCUT2D eigenvalue weighted by Gasteiger charge is -2.24. The van der Waals surface area contributed by atoms with Crippen LogP contribution in [0.3, 0.4) is 0 Å². The first-order chi connectivity index (χ1) is 17.7. The van der Waals surface area contributed by atoms with Gasteiger partial charge in [0.2, 0.25) is 0 Å². The van der Waals surface area contributed by atoms with Crippen molar-refractivity contribution in [1.82, 2.24) is 0 Å². The summed E-state index contributed by atoms with van der Waals surface area (Å²) in [6.45, 7) is 1.94. The van der Waals surface area contributed by atoms with Gasteiger partial charge in [0, 0.05) is 11.8 Å². The van der Waals surface area contributed by atoms with Crippen LogP contribution in [0.1, 0.15) is 41.9 Å². The van der Waals surface area contributed by atoms with Crippen molar-refractivity contribution in [1.29, 1.82) is 0 Å². The topological polar surface area (TPSA) is 122 Å². The Morgan fingerprint density at radius 1 is 0.919 bits per heavy atom. The molecule has 0 amide bonds. The van der Waals surface area contributed by atoms with Gasteiger partial charge in [-0.1, -0.05) is 60.7 Å². The number of carbonyl (C=O) groups excluding carboxylic acids is 2. The van der Waals surface area contributed by atoms with Gasteiger partial charge in [-0.2, -0.15) is 8.42 Å². The van der Waals surface area contributed by atoms with Crippen LogP contribution in [-0.2, 0) is 29.2 Å². The molecule has 0 bridgehead atoms. The SMILES string of the molecule is CCOC(=O)CC(c1cccc(OS(C)(=O)=O)c1)C(N)C(=O)OCC1c2ccccc2-c2ccccc21. The third-order valence-corrected chi connectivity index (χ3v) is 6.78. The third kappa shape index (κ3) is 6.18. The first-order valence-corrected chi connectivity index (χ1v) is 13.7. The number of benzene rings is 3. The van der Waals surface area contributed by atoms with E-state index in [1.54, 1.807) is 19.1 Å². The molecule has 9 heteroatoms. The second-order valence-electron chi connectivity index (χ2n) is 8.86. The van der Waals surface area contributed by atoms with E-state index in [0.717, 1.165) is 28.5 Å². The maximum absolute atomic E-state index is 13.2. The van der Waals surface area contributed by atoms with Crippen LogP contribution < -0.4 is 9.92 Å². The quantitative estimate of drug-likeness (QED) is 0.315. The summed E-state index contributed by atoms with van der Waals surface area (Å²) >= 11 is 0. The Morgan fingerprint density at radius 2 is 1.54 bits per heavy atom. The molecule has 4 rings (SSSR count). The van der Waals surface area contributed by atoms with Gasteiger partial charge in [0.1, 0.15) is 18.4 Å². The fraction of sp³-hybridized carbons (Fsp3) is 0.286. The first kappa shape index (κ1) is 26.4. The normalized spacial score (nSPS) is 14.2. The summed E-state index contributed by atoms with van der Waals surface area (Å²) < 4.78 is 38.9. The third-order valence-electron chi connectivity index (χ3n) is 6.29. The predicted octanol–water partition coefficient (Wildman–Crippen LogP) is 3.74. The van der Waals surface area contributed by atoms with E-state index in [2.05, 4.69) is 0 Å². The standard InChI is InChI=1S/C28H29NO7S/c1-3-34-26(30)16-24(18-9-8-10-19(15-18)36-37(2,32)33)27(29)28(31)35-17-25-22-13-6-4-11-20(22)21-12-5-7-14-23(21)25/h4-15,24-25,27H,3,16-17,29H2,1-2H3. The maximum atomic E-state index is 13.2. The van der Waals surface area contributed by atoms with Crippen molar-refractivity contribution in [3.8, 4) is 16.9 Å². The van der Waals surface area contributed by atoms with Gasteiger partial charge in [0.25, 0.3) is 0 Å². The second kappa shape index (κ2) is 11.1. The summed E-state index contributed by atoms with van der Waals surface area (Å²) in [4.78, 5) is 25.5. The van der Waals surface area contributed by atoms with Crippen molar-refractivity contribution in [3.63, 3.8) is 0 Å². The average Bonchev–Trinajstić information content (AvgIpc) is 3.18. The molecule has 0 aliphatic heterocycles. The lowest BCUT2D eigenvalue weighted by Crippen LogP contribution is -2.40. The Morgan fingerprint density at radius 3 is 2.14 bits per heavy atom. The molecule has 0 heterocycles. The number of carbonyl (C=O) groups is 2. The van der Waals surface area contributed by atoms with Crippen LogP contribution in [0.15, 0.2) is 72.8 Å². The zero-order valence-corrected chi connectivity index (χ0v) is 21.4. The van der Waals surface area contributed by atoms with Crippen molar-refractivity contribution in [2.45, 2.75) is 31.2 Å². The summed E-state index contributed by atoms with van der Waals surface area (Å²) in [5.74, 6) is -2.13. The number of hydrogen-bond acceptors (Lipinski definition) is 8. The predicted molar refractivity (Wildman–Crippen MR) is 139 cm³/mol. The van der Waals surface area contributed by atoms with Crippen molar-refractivity contribution in [2.24, 2.45) is 5.73 Å². The average molecular weight is 524 g/mol. The zero-order chi connectivity index (χ0) is 26.6. The lowest BCUT2D eigenvalue weighted by atomic mass is 9.88. The van der Waals surface area contributed by atoms with E-state index >= 15 is 0 Å². The summed E-state index contributed by atoms with van der Waals surface area (Å²) in [5, 5.41) is 0. The molecular formula is C28H29NO7S. The van der Waals surface area contributed by atoms with Crippen molar-refractivity contribution < 1.29 is 31.7 Å². The van der Waals surface area contributed by atoms with E-state index in [1.165, 1.54) is 12.1 Å². The van der Waals surface area contributed by atoms with Crippen molar-refractivity contribution in [2.75, 3.05) is 19.5 Å². The molecule has 0 radical (unpaired) electrons. The van der Waals surface area contributed by atoms with Gasteiger partial charge < -0.3 is 19.4 Å². The smallest absolute Gasteiger partial charge is 0.323 e. The molecule has 1 aliphatic carbocycles. The van der Waals surface area contributed by atoms with Gasteiger partial charge in [0.15, 0.2) is 0 Å². The molecular weight excluding hydrogens is 494 g/mol. The monoisotopic (exact) mass is 523 g/mol. The molecule has 0 fully saturated rings. The fourth-order valence-electron chi connectivity index (χ4n) is 4.69. The summed E-state index contributed by atoms with van der Waals surface area (Å²) in [5.41, 5.74) is 11.1. The van der Waals surface area contributed by atoms with Crippen LogP contribution in [0.2, 0.25) is 0 Å². The molecule has 3 aromatic rings. The van der Waals surface area contributed by atoms with Crippen LogP contribution in [-0.4, -0.2) is 45.9 Å². The highest BCUT2D eigenvalue weighted by Crippen LogP contribution is 2.44. The van der Waals surface area contributed by atoms with Crippen LogP contribution >= 0.6 is 0 Å².